The molecule has 1 rings (SSSR count). The van der Waals surface area contributed by atoms with Crippen LogP contribution in [0.4, 0.5) is 11.4 Å². The number of anilines is 2. The summed E-state index contributed by atoms with van der Waals surface area (Å²) in [4.78, 5) is 10.8. The molecule has 0 aliphatic rings. The van der Waals surface area contributed by atoms with E-state index in [1.54, 1.807) is 0 Å². The molecule has 1 aromatic carbocycles. The van der Waals surface area contributed by atoms with Crippen molar-refractivity contribution in [1.29, 1.82) is 0 Å². The highest BCUT2D eigenvalue weighted by atomic mass is 16.5. The van der Waals surface area contributed by atoms with Gasteiger partial charge in [0.15, 0.2) is 0 Å². The van der Waals surface area contributed by atoms with Crippen molar-refractivity contribution < 1.29 is 14.6 Å². The van der Waals surface area contributed by atoms with E-state index >= 15 is 0 Å². The molecular formula is C9H12N2O3. The number of hydrogen-bond acceptors (Lipinski definition) is 4. The van der Waals surface area contributed by atoms with Crippen LogP contribution in [0.2, 0.25) is 0 Å². The average Bonchev–Trinajstić information content (AvgIpc) is 2.13. The Balaban J connectivity index is 3.29. The molecule has 76 valence electrons. The summed E-state index contributed by atoms with van der Waals surface area (Å²) in [5.74, 6) is -1.04. The van der Waals surface area contributed by atoms with E-state index in [4.69, 9.17) is 21.3 Å². The Morgan fingerprint density at radius 2 is 2.14 bits per heavy atom. The van der Waals surface area contributed by atoms with E-state index < -0.39 is 5.97 Å². The minimum atomic E-state index is -1.04. The topological polar surface area (TPSA) is 98.6 Å². The van der Waals surface area contributed by atoms with E-state index in [-0.39, 0.29) is 17.9 Å². The van der Waals surface area contributed by atoms with Gasteiger partial charge in [-0.05, 0) is 12.1 Å². The zero-order chi connectivity index (χ0) is 10.7. The van der Waals surface area contributed by atoms with Gasteiger partial charge in [0.2, 0.25) is 0 Å². The van der Waals surface area contributed by atoms with Crippen LogP contribution in [-0.2, 0) is 11.3 Å². The molecule has 0 bridgehead atoms. The van der Waals surface area contributed by atoms with Crippen molar-refractivity contribution >= 4 is 17.3 Å². The normalized spacial score (nSPS) is 10.1. The van der Waals surface area contributed by atoms with Gasteiger partial charge in [-0.3, -0.25) is 0 Å². The van der Waals surface area contributed by atoms with Crippen molar-refractivity contribution in [2.24, 2.45) is 0 Å². The van der Waals surface area contributed by atoms with Crippen LogP contribution in [0.25, 0.3) is 0 Å². The molecule has 5 heteroatoms. The number of carboxylic acids is 1. The van der Waals surface area contributed by atoms with Crippen LogP contribution in [0, 0.1) is 0 Å². The fourth-order valence-electron chi connectivity index (χ4n) is 1.18. The number of nitrogens with two attached hydrogens (primary N) is 2. The molecular weight excluding hydrogens is 184 g/mol. The Morgan fingerprint density at radius 3 is 2.64 bits per heavy atom. The van der Waals surface area contributed by atoms with Crippen molar-refractivity contribution in [1.82, 2.24) is 0 Å². The van der Waals surface area contributed by atoms with E-state index in [0.29, 0.717) is 11.3 Å². The van der Waals surface area contributed by atoms with Crippen molar-refractivity contribution in [3.8, 4) is 0 Å². The second-order valence-electron chi connectivity index (χ2n) is 2.83. The fourth-order valence-corrected chi connectivity index (χ4v) is 1.18. The first-order valence-corrected chi connectivity index (χ1v) is 3.97. The zero-order valence-corrected chi connectivity index (χ0v) is 7.78. The first-order valence-electron chi connectivity index (χ1n) is 3.97. The van der Waals surface area contributed by atoms with Crippen molar-refractivity contribution in [2.75, 3.05) is 18.6 Å². The molecule has 14 heavy (non-hydrogen) atoms. The third-order valence-corrected chi connectivity index (χ3v) is 1.91. The predicted molar refractivity (Wildman–Crippen MR) is 52.9 cm³/mol. The maximum Gasteiger partial charge on any atom is 0.336 e. The number of methoxy groups -OCH3 is 1. The van der Waals surface area contributed by atoms with Gasteiger partial charge in [0.1, 0.15) is 0 Å². The molecule has 1 aromatic rings. The van der Waals surface area contributed by atoms with Gasteiger partial charge in [-0.2, -0.15) is 0 Å². The molecule has 0 saturated heterocycles. The van der Waals surface area contributed by atoms with Gasteiger partial charge in [-0.25, -0.2) is 4.79 Å². The van der Waals surface area contributed by atoms with Gasteiger partial charge in [0, 0.05) is 12.7 Å². The van der Waals surface area contributed by atoms with Gasteiger partial charge in [-0.15, -0.1) is 0 Å². The van der Waals surface area contributed by atoms with E-state index in [1.807, 2.05) is 0 Å². The molecule has 0 radical (unpaired) electrons. The number of aromatic carboxylic acids is 1. The van der Waals surface area contributed by atoms with Gasteiger partial charge in [0.05, 0.1) is 23.5 Å². The van der Waals surface area contributed by atoms with E-state index in [0.717, 1.165) is 0 Å². The minimum absolute atomic E-state index is 0.124. The summed E-state index contributed by atoms with van der Waals surface area (Å²) >= 11 is 0. The van der Waals surface area contributed by atoms with Crippen LogP contribution >= 0.6 is 0 Å². The lowest BCUT2D eigenvalue weighted by atomic mass is 10.0. The minimum Gasteiger partial charge on any atom is -0.478 e. The predicted octanol–water partition coefficient (Wildman–Crippen LogP) is 0.696. The molecule has 0 atom stereocenters. The second kappa shape index (κ2) is 3.97. The summed E-state index contributed by atoms with van der Waals surface area (Å²) in [6, 6.07) is 2.89. The quantitative estimate of drug-likeness (QED) is 0.618. The lowest BCUT2D eigenvalue weighted by molar-refractivity contribution is 0.0692. The fraction of sp³-hybridized carbons (Fsp3) is 0.222. The Bertz CT molecular complexity index is 363. The molecule has 0 unspecified atom stereocenters. The maximum absolute atomic E-state index is 10.8. The molecule has 0 fully saturated rings. The van der Waals surface area contributed by atoms with E-state index in [1.165, 1.54) is 19.2 Å². The third-order valence-electron chi connectivity index (χ3n) is 1.91. The summed E-state index contributed by atoms with van der Waals surface area (Å²) in [6.45, 7) is 0.137. The molecule has 0 heterocycles. The second-order valence-corrected chi connectivity index (χ2v) is 2.83. The third kappa shape index (κ3) is 1.77. The van der Waals surface area contributed by atoms with Gasteiger partial charge in [-0.1, -0.05) is 0 Å². The van der Waals surface area contributed by atoms with Crippen molar-refractivity contribution in [3.63, 3.8) is 0 Å². The first kappa shape index (κ1) is 10.3. The molecule has 0 spiro atoms. The maximum atomic E-state index is 10.8. The number of carboxylic acid groups (broad SMARTS) is 1. The lowest BCUT2D eigenvalue weighted by Crippen LogP contribution is -2.09. The number of carbonyl (C=O) groups is 1. The molecule has 0 aliphatic carbocycles. The lowest BCUT2D eigenvalue weighted by Gasteiger charge is -2.10. The van der Waals surface area contributed by atoms with Crippen LogP contribution in [-0.4, -0.2) is 18.2 Å². The van der Waals surface area contributed by atoms with Crippen LogP contribution in [0.1, 0.15) is 15.9 Å². The number of benzene rings is 1. The summed E-state index contributed by atoms with van der Waals surface area (Å²) in [5, 5.41) is 8.86. The van der Waals surface area contributed by atoms with Gasteiger partial charge >= 0.3 is 5.97 Å². The largest absolute Gasteiger partial charge is 0.478 e. The van der Waals surface area contributed by atoms with E-state index in [2.05, 4.69) is 0 Å². The van der Waals surface area contributed by atoms with Crippen LogP contribution in [0.5, 0.6) is 0 Å². The Hall–Kier alpha value is -1.75. The molecule has 5 N–H and O–H groups in total. The number of nitrogen functional groups attached to an aromatic ring is 2. The summed E-state index contributed by atoms with van der Waals surface area (Å²) in [7, 11) is 1.47. The summed E-state index contributed by atoms with van der Waals surface area (Å²) in [6.07, 6.45) is 0. The van der Waals surface area contributed by atoms with Crippen LogP contribution in [0.15, 0.2) is 12.1 Å². The molecule has 0 amide bonds. The highest BCUT2D eigenvalue weighted by molar-refractivity contribution is 5.93. The molecule has 0 aromatic heterocycles. The van der Waals surface area contributed by atoms with Crippen LogP contribution in [0.3, 0.4) is 0 Å². The Kier molecular flexibility index (Phi) is 2.93. The Labute approximate surface area is 81.3 Å². The standard InChI is InChI=1S/C9H12N2O3/c1-14-4-6-5(9(12)13)2-3-7(10)8(6)11/h2-3H,4,10-11H2,1H3,(H,12,13). The van der Waals surface area contributed by atoms with Crippen molar-refractivity contribution in [3.05, 3.63) is 23.3 Å². The zero-order valence-electron chi connectivity index (χ0n) is 7.78. The SMILES string of the molecule is COCc1c(C(=O)O)ccc(N)c1N. The summed E-state index contributed by atoms with van der Waals surface area (Å²) < 4.78 is 4.86. The van der Waals surface area contributed by atoms with Crippen LogP contribution < -0.4 is 11.5 Å². The highest BCUT2D eigenvalue weighted by Crippen LogP contribution is 2.24. The molecule has 0 saturated carbocycles. The van der Waals surface area contributed by atoms with E-state index in [9.17, 15) is 4.79 Å². The number of rotatable bonds is 3. The Morgan fingerprint density at radius 1 is 1.50 bits per heavy atom. The monoisotopic (exact) mass is 196 g/mol. The highest BCUT2D eigenvalue weighted by Gasteiger charge is 2.14. The summed E-state index contributed by atoms with van der Waals surface area (Å²) in [5.41, 5.74) is 12.4. The molecule has 5 nitrogen and oxygen atoms in total. The smallest absolute Gasteiger partial charge is 0.336 e. The number of hydrogen-bond donors (Lipinski definition) is 3. The van der Waals surface area contributed by atoms with Gasteiger partial charge < -0.3 is 21.3 Å². The average molecular weight is 196 g/mol. The van der Waals surface area contributed by atoms with Crippen molar-refractivity contribution in [2.45, 2.75) is 6.61 Å². The molecule has 0 aliphatic heterocycles. The first-order chi connectivity index (χ1) is 6.57. The van der Waals surface area contributed by atoms with Gasteiger partial charge in [0.25, 0.3) is 0 Å². The number of ether oxygens (including phenoxy) is 1.